The first-order valence-electron chi connectivity index (χ1n) is 6.81. The van der Waals surface area contributed by atoms with Gasteiger partial charge in [0.25, 0.3) is 0 Å². The molecule has 0 radical (unpaired) electrons. The summed E-state index contributed by atoms with van der Waals surface area (Å²) in [5.41, 5.74) is 4.73. The van der Waals surface area contributed by atoms with Crippen LogP contribution in [0.15, 0.2) is 24.4 Å². The second-order valence-corrected chi connectivity index (χ2v) is 5.42. The summed E-state index contributed by atoms with van der Waals surface area (Å²) in [6.45, 7) is 4.36. The monoisotopic (exact) mass is 291 g/mol. The maximum absolute atomic E-state index is 6.29. The van der Waals surface area contributed by atoms with Crippen LogP contribution in [-0.4, -0.2) is 16.3 Å². The van der Waals surface area contributed by atoms with Crippen molar-refractivity contribution in [3.63, 3.8) is 0 Å². The molecule has 2 heterocycles. The van der Waals surface area contributed by atoms with Gasteiger partial charge in [-0.25, -0.2) is 0 Å². The quantitative estimate of drug-likeness (QED) is 0.941. The molecule has 0 saturated heterocycles. The molecule has 1 aromatic heterocycles. The Hall–Kier alpha value is -1.36. The van der Waals surface area contributed by atoms with Gasteiger partial charge in [0.15, 0.2) is 0 Å². The molecule has 0 fully saturated rings. The fraction of sp³-hybridized carbons (Fsp3) is 0.400. The molecule has 1 N–H and O–H groups in total. The lowest BCUT2D eigenvalue weighted by molar-refractivity contribution is 0.134. The number of nitrogens with zero attached hydrogens (tertiary/aromatic N) is 2. The van der Waals surface area contributed by atoms with Crippen LogP contribution < -0.4 is 5.32 Å². The summed E-state index contributed by atoms with van der Waals surface area (Å²) in [6.07, 6.45) is 1.69. The second kappa shape index (κ2) is 5.56. The van der Waals surface area contributed by atoms with Crippen LogP contribution in [0, 0.1) is 0 Å². The molecule has 2 aromatic rings. The fourth-order valence-corrected chi connectivity index (χ4v) is 2.97. The Morgan fingerprint density at radius 2 is 2.20 bits per heavy atom. The maximum atomic E-state index is 6.29. The number of rotatable bonds is 4. The van der Waals surface area contributed by atoms with Gasteiger partial charge in [0, 0.05) is 7.05 Å². The molecule has 1 aromatic carbocycles. The van der Waals surface area contributed by atoms with Gasteiger partial charge in [0.05, 0.1) is 36.2 Å². The number of aryl methyl sites for hydroxylation is 1. The Labute approximate surface area is 123 Å². The molecule has 4 nitrogen and oxygen atoms in total. The Kier molecular flexibility index (Phi) is 3.78. The van der Waals surface area contributed by atoms with Crippen molar-refractivity contribution >= 4 is 11.6 Å². The van der Waals surface area contributed by atoms with Crippen molar-refractivity contribution in [1.29, 1.82) is 0 Å². The van der Waals surface area contributed by atoms with Crippen molar-refractivity contribution in [2.75, 3.05) is 6.54 Å². The topological polar surface area (TPSA) is 39.1 Å². The van der Waals surface area contributed by atoms with Gasteiger partial charge in [-0.3, -0.25) is 4.68 Å². The van der Waals surface area contributed by atoms with Crippen molar-refractivity contribution in [1.82, 2.24) is 15.1 Å². The average molecular weight is 292 g/mol. The highest BCUT2D eigenvalue weighted by Crippen LogP contribution is 2.30. The van der Waals surface area contributed by atoms with Crippen LogP contribution in [0.4, 0.5) is 0 Å². The number of ether oxygens (including phenoxy) is 1. The molecule has 0 bridgehead atoms. The largest absolute Gasteiger partial charge is 0.372 e. The number of halogens is 1. The Morgan fingerprint density at radius 1 is 1.40 bits per heavy atom. The lowest BCUT2D eigenvalue weighted by Crippen LogP contribution is -2.24. The molecule has 1 atom stereocenters. The zero-order chi connectivity index (χ0) is 14.1. The van der Waals surface area contributed by atoms with E-state index in [1.807, 2.05) is 11.7 Å². The average Bonchev–Trinajstić information content (AvgIpc) is 3.03. The SMILES string of the molecule is CCNC(c1ccc2c(c1)COC2)c1c(Cl)cnn1C. The lowest BCUT2D eigenvalue weighted by atomic mass is 9.99. The van der Waals surface area contributed by atoms with E-state index in [1.165, 1.54) is 16.7 Å². The molecule has 1 aliphatic rings. The third-order valence-electron chi connectivity index (χ3n) is 3.70. The Bertz CT molecular complexity index is 604. The molecule has 3 rings (SSSR count). The van der Waals surface area contributed by atoms with Crippen LogP contribution in [-0.2, 0) is 25.0 Å². The Morgan fingerprint density at radius 3 is 2.90 bits per heavy atom. The number of benzene rings is 1. The third kappa shape index (κ3) is 2.35. The maximum Gasteiger partial charge on any atom is 0.0837 e. The van der Waals surface area contributed by atoms with E-state index in [2.05, 4.69) is 35.5 Å². The molecule has 1 unspecified atom stereocenters. The smallest absolute Gasteiger partial charge is 0.0837 e. The first kappa shape index (κ1) is 13.6. The van der Waals surface area contributed by atoms with Gasteiger partial charge in [-0.15, -0.1) is 0 Å². The normalized spacial score (nSPS) is 15.3. The minimum atomic E-state index is 0.0471. The van der Waals surface area contributed by atoms with E-state index >= 15 is 0 Å². The summed E-state index contributed by atoms with van der Waals surface area (Å²) >= 11 is 6.29. The number of hydrogen-bond donors (Lipinski definition) is 1. The van der Waals surface area contributed by atoms with Gasteiger partial charge in [-0.2, -0.15) is 5.10 Å². The van der Waals surface area contributed by atoms with Crippen LogP contribution in [0.5, 0.6) is 0 Å². The number of hydrogen-bond acceptors (Lipinski definition) is 3. The van der Waals surface area contributed by atoms with E-state index in [4.69, 9.17) is 16.3 Å². The van der Waals surface area contributed by atoms with Crippen LogP contribution >= 0.6 is 11.6 Å². The van der Waals surface area contributed by atoms with Gasteiger partial charge in [-0.05, 0) is 23.2 Å². The molecule has 0 aliphatic carbocycles. The summed E-state index contributed by atoms with van der Waals surface area (Å²) in [4.78, 5) is 0. The zero-order valence-electron chi connectivity index (χ0n) is 11.7. The van der Waals surface area contributed by atoms with E-state index < -0.39 is 0 Å². The van der Waals surface area contributed by atoms with Crippen LogP contribution in [0.25, 0.3) is 0 Å². The van der Waals surface area contributed by atoms with E-state index in [1.54, 1.807) is 6.20 Å². The molecule has 5 heteroatoms. The highest BCUT2D eigenvalue weighted by molar-refractivity contribution is 6.31. The standard InChI is InChI=1S/C15H18ClN3O/c1-3-17-14(15-13(16)7-18-19(15)2)10-4-5-11-8-20-9-12(11)6-10/h4-7,14,17H,3,8-9H2,1-2H3. The van der Waals surface area contributed by atoms with Crippen LogP contribution in [0.2, 0.25) is 5.02 Å². The summed E-state index contributed by atoms with van der Waals surface area (Å²) in [5.74, 6) is 0. The van der Waals surface area contributed by atoms with Gasteiger partial charge in [0.2, 0.25) is 0 Å². The second-order valence-electron chi connectivity index (χ2n) is 5.01. The fourth-order valence-electron chi connectivity index (χ4n) is 2.69. The molecular weight excluding hydrogens is 274 g/mol. The highest BCUT2D eigenvalue weighted by Gasteiger charge is 2.22. The van der Waals surface area contributed by atoms with Gasteiger partial charge in [-0.1, -0.05) is 36.7 Å². The molecule has 0 amide bonds. The van der Waals surface area contributed by atoms with Crippen molar-refractivity contribution < 1.29 is 4.74 Å². The summed E-state index contributed by atoms with van der Waals surface area (Å²) in [5, 5.41) is 8.42. The van der Waals surface area contributed by atoms with Crippen molar-refractivity contribution in [3.8, 4) is 0 Å². The van der Waals surface area contributed by atoms with E-state index in [9.17, 15) is 0 Å². The van der Waals surface area contributed by atoms with E-state index in [0.717, 1.165) is 12.2 Å². The molecule has 0 spiro atoms. The van der Waals surface area contributed by atoms with Crippen LogP contribution in [0.3, 0.4) is 0 Å². The van der Waals surface area contributed by atoms with Gasteiger partial charge >= 0.3 is 0 Å². The predicted octanol–water partition coefficient (Wildman–Crippen LogP) is 2.80. The summed E-state index contributed by atoms with van der Waals surface area (Å²) < 4.78 is 7.32. The van der Waals surface area contributed by atoms with Gasteiger partial charge in [0.1, 0.15) is 0 Å². The summed E-state index contributed by atoms with van der Waals surface area (Å²) in [6, 6.07) is 6.54. The molecule has 1 aliphatic heterocycles. The number of aromatic nitrogens is 2. The lowest BCUT2D eigenvalue weighted by Gasteiger charge is -2.20. The first-order chi connectivity index (χ1) is 9.70. The van der Waals surface area contributed by atoms with Crippen molar-refractivity contribution in [3.05, 3.63) is 51.8 Å². The van der Waals surface area contributed by atoms with Crippen molar-refractivity contribution in [2.24, 2.45) is 7.05 Å². The zero-order valence-corrected chi connectivity index (χ0v) is 12.4. The molecule has 20 heavy (non-hydrogen) atoms. The Balaban J connectivity index is 2.03. The summed E-state index contributed by atoms with van der Waals surface area (Å²) in [7, 11) is 1.92. The van der Waals surface area contributed by atoms with E-state index in [0.29, 0.717) is 18.2 Å². The first-order valence-corrected chi connectivity index (χ1v) is 7.18. The van der Waals surface area contributed by atoms with Crippen LogP contribution in [0.1, 0.15) is 35.3 Å². The molecular formula is C15H18ClN3O. The minimum absolute atomic E-state index is 0.0471. The minimum Gasteiger partial charge on any atom is -0.372 e. The number of nitrogens with one attached hydrogen (secondary N) is 1. The number of fused-ring (bicyclic) bond motifs is 1. The van der Waals surface area contributed by atoms with Crippen molar-refractivity contribution in [2.45, 2.75) is 26.2 Å². The third-order valence-corrected chi connectivity index (χ3v) is 3.99. The molecule has 106 valence electrons. The van der Waals surface area contributed by atoms with E-state index in [-0.39, 0.29) is 6.04 Å². The highest BCUT2D eigenvalue weighted by atomic mass is 35.5. The molecule has 0 saturated carbocycles. The van der Waals surface area contributed by atoms with Gasteiger partial charge < -0.3 is 10.1 Å². The predicted molar refractivity (Wildman–Crippen MR) is 78.7 cm³/mol.